The minimum Gasteiger partial charge on any atom is -0.484 e. The number of carbonyl (C=O) groups excluding carboxylic acids is 2. The number of benzene rings is 1. The molecule has 26 heavy (non-hydrogen) atoms. The molecule has 2 rings (SSSR count). The van der Waals surface area contributed by atoms with E-state index in [-0.39, 0.29) is 18.1 Å². The summed E-state index contributed by atoms with van der Waals surface area (Å²) in [4.78, 5) is 23.6. The summed E-state index contributed by atoms with van der Waals surface area (Å²) in [6.07, 6.45) is 0. The number of carbonyl (C=O) groups is 2. The topological polar surface area (TPSA) is 99.2 Å². The quantitative estimate of drug-likeness (QED) is 0.858. The second-order valence-electron chi connectivity index (χ2n) is 7.31. The van der Waals surface area contributed by atoms with Crippen LogP contribution in [0, 0.1) is 20.8 Å². The zero-order chi connectivity index (χ0) is 19.6. The van der Waals surface area contributed by atoms with E-state index in [1.165, 1.54) is 0 Å². The van der Waals surface area contributed by atoms with Gasteiger partial charge < -0.3 is 15.8 Å². The Bertz CT molecular complexity index is 847. The van der Waals surface area contributed by atoms with E-state index in [1.54, 1.807) is 18.2 Å². The fraction of sp³-hybridized carbons (Fsp3) is 0.421. The summed E-state index contributed by atoms with van der Waals surface area (Å²) in [5.41, 5.74) is 8.44. The lowest BCUT2D eigenvalue weighted by molar-refractivity contribution is -0.119. The van der Waals surface area contributed by atoms with Crippen molar-refractivity contribution >= 4 is 17.5 Å². The predicted octanol–water partition coefficient (Wildman–Crippen LogP) is 2.68. The van der Waals surface area contributed by atoms with Crippen molar-refractivity contribution in [3.63, 3.8) is 0 Å². The number of nitrogens with two attached hydrogens (primary N) is 1. The third kappa shape index (κ3) is 4.22. The van der Waals surface area contributed by atoms with Crippen LogP contribution in [0.15, 0.2) is 18.2 Å². The lowest BCUT2D eigenvalue weighted by Gasteiger charge is -2.21. The van der Waals surface area contributed by atoms with Crippen LogP contribution in [-0.2, 0) is 10.3 Å². The van der Waals surface area contributed by atoms with Gasteiger partial charge in [-0.1, -0.05) is 0 Å². The van der Waals surface area contributed by atoms with Gasteiger partial charge in [-0.05, 0) is 65.3 Å². The molecule has 0 fully saturated rings. The monoisotopic (exact) mass is 358 g/mol. The second kappa shape index (κ2) is 7.19. The van der Waals surface area contributed by atoms with Gasteiger partial charge in [-0.25, -0.2) is 0 Å². The maximum Gasteiger partial charge on any atom is 0.259 e. The van der Waals surface area contributed by atoms with Crippen LogP contribution in [0.25, 0.3) is 0 Å². The standard InChI is InChI=1S/C19H26N4O3/c1-11-9-14(26-10-16(20)24)7-8-15(11)21-18(25)17-12(2)22-23(13(17)3)19(4,5)6/h7-9H,10H2,1-6H3,(H2,20,24)(H,21,25). The smallest absolute Gasteiger partial charge is 0.259 e. The van der Waals surface area contributed by atoms with E-state index in [2.05, 4.69) is 10.4 Å². The first-order chi connectivity index (χ1) is 12.0. The third-order valence-corrected chi connectivity index (χ3v) is 3.98. The van der Waals surface area contributed by atoms with Crippen LogP contribution in [0.5, 0.6) is 5.75 Å². The number of hydrogen-bond acceptors (Lipinski definition) is 4. The molecule has 0 saturated heterocycles. The van der Waals surface area contributed by atoms with Crippen molar-refractivity contribution in [1.29, 1.82) is 0 Å². The number of nitrogens with one attached hydrogen (secondary N) is 1. The van der Waals surface area contributed by atoms with Crippen molar-refractivity contribution in [1.82, 2.24) is 9.78 Å². The normalized spacial score (nSPS) is 11.3. The highest BCUT2D eigenvalue weighted by Gasteiger charge is 2.24. The Hall–Kier alpha value is -2.83. The number of primary amides is 1. The van der Waals surface area contributed by atoms with Crippen LogP contribution in [0.4, 0.5) is 5.69 Å². The van der Waals surface area contributed by atoms with Gasteiger partial charge in [0.25, 0.3) is 11.8 Å². The van der Waals surface area contributed by atoms with Gasteiger partial charge in [-0.2, -0.15) is 5.10 Å². The molecule has 0 aliphatic rings. The van der Waals surface area contributed by atoms with E-state index in [0.29, 0.717) is 22.7 Å². The average Bonchev–Trinajstić information content (AvgIpc) is 2.82. The Labute approximate surface area is 153 Å². The van der Waals surface area contributed by atoms with Gasteiger partial charge in [-0.15, -0.1) is 0 Å². The Morgan fingerprint density at radius 1 is 1.23 bits per heavy atom. The van der Waals surface area contributed by atoms with E-state index in [1.807, 2.05) is 46.2 Å². The minimum absolute atomic E-state index is 0.185. The number of rotatable bonds is 5. The first kappa shape index (κ1) is 19.5. The second-order valence-corrected chi connectivity index (χ2v) is 7.31. The van der Waals surface area contributed by atoms with Crippen molar-refractivity contribution < 1.29 is 14.3 Å². The number of aromatic nitrogens is 2. The Morgan fingerprint density at radius 3 is 2.38 bits per heavy atom. The van der Waals surface area contributed by atoms with Crippen molar-refractivity contribution in [2.45, 2.75) is 47.1 Å². The van der Waals surface area contributed by atoms with Gasteiger partial charge in [0.15, 0.2) is 6.61 Å². The molecular formula is C19H26N4O3. The van der Waals surface area contributed by atoms with Crippen molar-refractivity contribution in [3.8, 4) is 5.75 Å². The molecular weight excluding hydrogens is 332 g/mol. The van der Waals surface area contributed by atoms with Crippen LogP contribution >= 0.6 is 0 Å². The minimum atomic E-state index is -0.540. The first-order valence-electron chi connectivity index (χ1n) is 8.40. The molecule has 140 valence electrons. The number of hydrogen-bond donors (Lipinski definition) is 2. The summed E-state index contributed by atoms with van der Waals surface area (Å²) >= 11 is 0. The molecule has 0 atom stereocenters. The predicted molar refractivity (Wildman–Crippen MR) is 101 cm³/mol. The lowest BCUT2D eigenvalue weighted by Crippen LogP contribution is -2.25. The Kier molecular flexibility index (Phi) is 5.39. The lowest BCUT2D eigenvalue weighted by atomic mass is 10.1. The van der Waals surface area contributed by atoms with E-state index < -0.39 is 5.91 Å². The van der Waals surface area contributed by atoms with E-state index in [4.69, 9.17) is 10.5 Å². The molecule has 2 amide bonds. The number of amides is 2. The van der Waals surface area contributed by atoms with E-state index >= 15 is 0 Å². The van der Waals surface area contributed by atoms with Crippen molar-refractivity contribution in [3.05, 3.63) is 40.7 Å². The maximum atomic E-state index is 12.8. The molecule has 1 heterocycles. The average molecular weight is 358 g/mol. The van der Waals surface area contributed by atoms with Crippen LogP contribution in [0.1, 0.15) is 48.1 Å². The highest BCUT2D eigenvalue weighted by molar-refractivity contribution is 6.06. The van der Waals surface area contributed by atoms with Crippen LogP contribution in [0.3, 0.4) is 0 Å². The summed E-state index contributed by atoms with van der Waals surface area (Å²) in [6.45, 7) is 11.5. The Balaban J connectivity index is 2.23. The fourth-order valence-corrected chi connectivity index (χ4v) is 2.83. The molecule has 1 aromatic heterocycles. The molecule has 0 radical (unpaired) electrons. The first-order valence-corrected chi connectivity index (χ1v) is 8.40. The molecule has 2 aromatic rings. The summed E-state index contributed by atoms with van der Waals surface area (Å²) in [5.74, 6) is -0.224. The molecule has 7 heteroatoms. The van der Waals surface area contributed by atoms with Crippen LogP contribution in [-0.4, -0.2) is 28.2 Å². The zero-order valence-corrected chi connectivity index (χ0v) is 16.1. The highest BCUT2D eigenvalue weighted by Crippen LogP contribution is 2.25. The molecule has 1 aromatic carbocycles. The largest absolute Gasteiger partial charge is 0.484 e. The molecule has 0 aliphatic carbocycles. The molecule has 0 spiro atoms. The SMILES string of the molecule is Cc1cc(OCC(N)=O)ccc1NC(=O)c1c(C)nn(C(C)(C)C)c1C. The molecule has 0 unspecified atom stereocenters. The van der Waals surface area contributed by atoms with Crippen LogP contribution < -0.4 is 15.8 Å². The molecule has 3 N–H and O–H groups in total. The summed E-state index contributed by atoms with van der Waals surface area (Å²) < 4.78 is 7.14. The van der Waals surface area contributed by atoms with Gasteiger partial charge in [0.05, 0.1) is 16.8 Å². The van der Waals surface area contributed by atoms with Crippen LogP contribution in [0.2, 0.25) is 0 Å². The number of aryl methyl sites for hydroxylation is 2. The summed E-state index contributed by atoms with van der Waals surface area (Å²) in [7, 11) is 0. The summed E-state index contributed by atoms with van der Waals surface area (Å²) in [5, 5.41) is 7.44. The third-order valence-electron chi connectivity index (χ3n) is 3.98. The highest BCUT2D eigenvalue weighted by atomic mass is 16.5. The Morgan fingerprint density at radius 2 is 1.88 bits per heavy atom. The van der Waals surface area contributed by atoms with Gasteiger partial charge >= 0.3 is 0 Å². The zero-order valence-electron chi connectivity index (χ0n) is 16.1. The van der Waals surface area contributed by atoms with Gasteiger partial charge in [0.2, 0.25) is 0 Å². The van der Waals surface area contributed by atoms with E-state index in [0.717, 1.165) is 11.3 Å². The molecule has 0 aliphatic heterocycles. The fourth-order valence-electron chi connectivity index (χ4n) is 2.83. The maximum absolute atomic E-state index is 12.8. The van der Waals surface area contributed by atoms with Gasteiger partial charge in [-0.3, -0.25) is 14.3 Å². The van der Waals surface area contributed by atoms with E-state index in [9.17, 15) is 9.59 Å². The van der Waals surface area contributed by atoms with Gasteiger partial charge in [0, 0.05) is 11.4 Å². The molecule has 7 nitrogen and oxygen atoms in total. The molecule has 0 bridgehead atoms. The number of anilines is 1. The summed E-state index contributed by atoms with van der Waals surface area (Å²) in [6, 6.07) is 5.17. The molecule has 0 saturated carbocycles. The number of ether oxygens (including phenoxy) is 1. The van der Waals surface area contributed by atoms with Crippen molar-refractivity contribution in [2.75, 3.05) is 11.9 Å². The van der Waals surface area contributed by atoms with Crippen molar-refractivity contribution in [2.24, 2.45) is 5.73 Å². The number of nitrogens with zero attached hydrogens (tertiary/aromatic N) is 2. The van der Waals surface area contributed by atoms with Gasteiger partial charge in [0.1, 0.15) is 5.75 Å².